The summed E-state index contributed by atoms with van der Waals surface area (Å²) in [5, 5.41) is 12.0. The van der Waals surface area contributed by atoms with E-state index in [0.29, 0.717) is 18.7 Å². The van der Waals surface area contributed by atoms with E-state index in [0.717, 1.165) is 5.56 Å². The molecule has 0 aromatic heterocycles. The Morgan fingerprint density at radius 3 is 2.54 bits per heavy atom. The molecular formula is C21H30N2O5. The van der Waals surface area contributed by atoms with Gasteiger partial charge in [0, 0.05) is 5.57 Å². The van der Waals surface area contributed by atoms with Crippen molar-refractivity contribution in [3.8, 4) is 0 Å². The molecule has 3 rings (SSSR count). The van der Waals surface area contributed by atoms with Crippen LogP contribution in [0.25, 0.3) is 0 Å². The molecule has 28 heavy (non-hydrogen) atoms. The Hall–Kier alpha value is -2.25. The van der Waals surface area contributed by atoms with Crippen molar-refractivity contribution in [2.75, 3.05) is 6.61 Å². The van der Waals surface area contributed by atoms with Gasteiger partial charge in [0.25, 0.3) is 5.95 Å². The third-order valence-electron chi connectivity index (χ3n) is 4.95. The second kappa shape index (κ2) is 7.29. The summed E-state index contributed by atoms with van der Waals surface area (Å²) in [6, 6.07) is 9.12. The smallest absolute Gasteiger partial charge is 0.412 e. The first-order valence-corrected chi connectivity index (χ1v) is 9.54. The zero-order chi connectivity index (χ0) is 20.7. The van der Waals surface area contributed by atoms with Gasteiger partial charge in [0.2, 0.25) is 0 Å². The van der Waals surface area contributed by atoms with Crippen molar-refractivity contribution in [3.05, 3.63) is 47.4 Å². The lowest BCUT2D eigenvalue weighted by molar-refractivity contribution is -0.165. The Balaban J connectivity index is 1.89. The summed E-state index contributed by atoms with van der Waals surface area (Å²) in [6.45, 7) is 11.8. The molecule has 0 radical (unpaired) electrons. The number of ether oxygens (including phenoxy) is 2. The van der Waals surface area contributed by atoms with Crippen LogP contribution in [0, 0.1) is 0 Å². The number of amides is 1. The second-order valence-electron chi connectivity index (χ2n) is 8.76. The van der Waals surface area contributed by atoms with E-state index in [4.69, 9.17) is 14.3 Å². The molecule has 1 aromatic carbocycles. The molecule has 1 unspecified atom stereocenters. The molecule has 0 bridgehead atoms. The van der Waals surface area contributed by atoms with Crippen LogP contribution in [-0.2, 0) is 20.9 Å². The van der Waals surface area contributed by atoms with Gasteiger partial charge in [-0.15, -0.1) is 5.06 Å². The molecule has 0 spiro atoms. The number of rotatable bonds is 3. The maximum Gasteiger partial charge on any atom is 0.412 e. The van der Waals surface area contributed by atoms with Crippen molar-refractivity contribution in [2.45, 2.75) is 71.5 Å². The Morgan fingerprint density at radius 2 is 1.93 bits per heavy atom. The number of hydrogen-bond donors (Lipinski definition) is 1. The average Bonchev–Trinajstić information content (AvgIpc) is 3.02. The molecule has 1 amide bonds. The molecule has 2 aliphatic heterocycles. The van der Waals surface area contributed by atoms with Gasteiger partial charge in [0.05, 0.1) is 25.2 Å². The minimum atomic E-state index is -0.829. The molecule has 1 aromatic rings. The number of aliphatic hydroxyl groups excluding tert-OH is 1. The summed E-state index contributed by atoms with van der Waals surface area (Å²) in [4.78, 5) is 20.2. The Kier molecular flexibility index (Phi) is 5.34. The maximum absolute atomic E-state index is 13.0. The summed E-state index contributed by atoms with van der Waals surface area (Å²) in [6.07, 6.45) is -0.446. The van der Waals surface area contributed by atoms with E-state index < -0.39 is 17.4 Å². The van der Waals surface area contributed by atoms with Crippen molar-refractivity contribution >= 4 is 6.09 Å². The van der Waals surface area contributed by atoms with E-state index in [1.807, 2.05) is 71.9 Å². The van der Waals surface area contributed by atoms with Crippen LogP contribution >= 0.6 is 0 Å². The first-order chi connectivity index (χ1) is 13.0. The Morgan fingerprint density at radius 1 is 1.29 bits per heavy atom. The van der Waals surface area contributed by atoms with Crippen molar-refractivity contribution in [2.24, 2.45) is 0 Å². The van der Waals surface area contributed by atoms with Crippen LogP contribution in [0.4, 0.5) is 4.79 Å². The third kappa shape index (κ3) is 4.10. The van der Waals surface area contributed by atoms with Crippen LogP contribution in [0.3, 0.4) is 0 Å². The fourth-order valence-corrected chi connectivity index (χ4v) is 3.69. The first kappa shape index (κ1) is 20.5. The normalized spacial score (nSPS) is 25.1. The van der Waals surface area contributed by atoms with Gasteiger partial charge in [-0.05, 0) is 47.1 Å². The van der Waals surface area contributed by atoms with E-state index >= 15 is 0 Å². The predicted molar refractivity (Wildman–Crippen MR) is 104 cm³/mol. The van der Waals surface area contributed by atoms with Crippen molar-refractivity contribution < 1.29 is 24.2 Å². The number of nitrogens with zero attached hydrogens (tertiary/aromatic N) is 2. The predicted octanol–water partition coefficient (Wildman–Crippen LogP) is 3.96. The summed E-state index contributed by atoms with van der Waals surface area (Å²) in [7, 11) is 0. The van der Waals surface area contributed by atoms with Gasteiger partial charge in [-0.25, -0.2) is 4.79 Å². The minimum absolute atomic E-state index is 0.130. The van der Waals surface area contributed by atoms with Crippen molar-refractivity contribution in [1.29, 1.82) is 0 Å². The van der Waals surface area contributed by atoms with E-state index in [9.17, 15) is 9.90 Å². The van der Waals surface area contributed by atoms with Crippen molar-refractivity contribution in [1.82, 2.24) is 9.96 Å². The third-order valence-corrected chi connectivity index (χ3v) is 4.95. The number of aliphatic hydroxyl groups is 1. The van der Waals surface area contributed by atoms with Gasteiger partial charge in [-0.1, -0.05) is 30.3 Å². The van der Waals surface area contributed by atoms with E-state index in [2.05, 4.69) is 0 Å². The standard InChI is InChI=1S/C21H30N2O5/c1-14-17(22(28-18(14)24)12-15-10-8-7-9-11-15)16-13-26-21(5,6)23(16)19(25)27-20(2,3)4/h7-11,16-17,24H,12-13H2,1-6H3/t16-,17?/m0/s1. The number of hydroxylamine groups is 2. The molecule has 1 saturated heterocycles. The Bertz CT molecular complexity index is 754. The highest BCUT2D eigenvalue weighted by atomic mass is 16.8. The fourth-order valence-electron chi connectivity index (χ4n) is 3.69. The lowest BCUT2D eigenvalue weighted by Crippen LogP contribution is -2.56. The van der Waals surface area contributed by atoms with Gasteiger partial charge in [0.15, 0.2) is 0 Å². The molecule has 1 N–H and O–H groups in total. The van der Waals surface area contributed by atoms with Crippen molar-refractivity contribution in [3.63, 3.8) is 0 Å². The highest BCUT2D eigenvalue weighted by molar-refractivity contribution is 5.70. The zero-order valence-electron chi connectivity index (χ0n) is 17.4. The lowest BCUT2D eigenvalue weighted by atomic mass is 9.99. The largest absolute Gasteiger partial charge is 0.480 e. The van der Waals surface area contributed by atoms with Crippen LogP contribution in [-0.4, -0.2) is 51.2 Å². The molecule has 2 aliphatic rings. The van der Waals surface area contributed by atoms with Gasteiger partial charge < -0.3 is 19.4 Å². The van der Waals surface area contributed by atoms with Gasteiger partial charge >= 0.3 is 6.09 Å². The summed E-state index contributed by atoms with van der Waals surface area (Å²) in [5.41, 5.74) is 0.250. The van der Waals surface area contributed by atoms with Crippen LogP contribution in [0.2, 0.25) is 0 Å². The van der Waals surface area contributed by atoms with Crippen LogP contribution in [0.15, 0.2) is 41.9 Å². The van der Waals surface area contributed by atoms with E-state index in [1.165, 1.54) is 0 Å². The number of carbonyl (C=O) groups excluding carboxylic acids is 1. The molecule has 2 heterocycles. The van der Waals surface area contributed by atoms with E-state index in [1.54, 1.807) is 9.96 Å². The molecule has 7 heteroatoms. The van der Waals surface area contributed by atoms with Gasteiger partial charge in [0.1, 0.15) is 11.3 Å². The summed E-state index contributed by atoms with van der Waals surface area (Å²) >= 11 is 0. The molecule has 0 saturated carbocycles. The minimum Gasteiger partial charge on any atom is -0.480 e. The number of hydrogen-bond acceptors (Lipinski definition) is 6. The summed E-state index contributed by atoms with van der Waals surface area (Å²) in [5.74, 6) is -0.130. The first-order valence-electron chi connectivity index (χ1n) is 9.54. The molecular weight excluding hydrogens is 360 g/mol. The molecule has 7 nitrogen and oxygen atoms in total. The van der Waals surface area contributed by atoms with Crippen LogP contribution in [0.5, 0.6) is 0 Å². The fraction of sp³-hybridized carbons (Fsp3) is 0.571. The van der Waals surface area contributed by atoms with Crippen LogP contribution in [0.1, 0.15) is 47.1 Å². The topological polar surface area (TPSA) is 71.5 Å². The SMILES string of the molecule is CC1=C(O)ON(Cc2ccccc2)C1[C@@H]1COC(C)(C)N1C(=O)OC(C)(C)C. The second-order valence-corrected chi connectivity index (χ2v) is 8.76. The van der Waals surface area contributed by atoms with Gasteiger partial charge in [-0.3, -0.25) is 4.90 Å². The average molecular weight is 390 g/mol. The zero-order valence-corrected chi connectivity index (χ0v) is 17.4. The number of carbonyl (C=O) groups is 1. The molecule has 2 atom stereocenters. The quantitative estimate of drug-likeness (QED) is 0.842. The maximum atomic E-state index is 13.0. The lowest BCUT2D eigenvalue weighted by Gasteiger charge is -2.38. The van der Waals surface area contributed by atoms with Gasteiger partial charge in [-0.2, -0.15) is 0 Å². The highest BCUT2D eigenvalue weighted by Gasteiger charge is 2.53. The van der Waals surface area contributed by atoms with Crippen LogP contribution < -0.4 is 0 Å². The molecule has 154 valence electrons. The summed E-state index contributed by atoms with van der Waals surface area (Å²) < 4.78 is 11.6. The highest BCUT2D eigenvalue weighted by Crippen LogP contribution is 2.38. The monoisotopic (exact) mass is 390 g/mol. The van der Waals surface area contributed by atoms with E-state index in [-0.39, 0.29) is 18.0 Å². The molecule has 1 fully saturated rings. The number of benzene rings is 1. The Labute approximate surface area is 166 Å². The molecule has 0 aliphatic carbocycles.